The van der Waals surface area contributed by atoms with Crippen molar-refractivity contribution in [1.82, 2.24) is 5.32 Å². The minimum absolute atomic E-state index is 0.193. The lowest BCUT2D eigenvalue weighted by molar-refractivity contribution is -0.125. The van der Waals surface area contributed by atoms with Gasteiger partial charge in [-0.15, -0.1) is 0 Å². The zero-order valence-electron chi connectivity index (χ0n) is 11.6. The van der Waals surface area contributed by atoms with Gasteiger partial charge >= 0.3 is 5.97 Å². The highest BCUT2D eigenvalue weighted by Gasteiger charge is 2.43. The van der Waals surface area contributed by atoms with Gasteiger partial charge in [-0.3, -0.25) is 4.79 Å². The highest BCUT2D eigenvalue weighted by Crippen LogP contribution is 2.39. The third-order valence-corrected chi connectivity index (χ3v) is 4.16. The van der Waals surface area contributed by atoms with Crippen molar-refractivity contribution in [2.45, 2.75) is 25.3 Å². The molecule has 1 aliphatic carbocycles. The summed E-state index contributed by atoms with van der Waals surface area (Å²) < 4.78 is 5.97. The molecule has 5 nitrogen and oxygen atoms in total. The maximum atomic E-state index is 11.8. The van der Waals surface area contributed by atoms with E-state index in [1.165, 1.54) is 0 Å². The van der Waals surface area contributed by atoms with Crippen LogP contribution in [0.4, 0.5) is 0 Å². The zero-order chi connectivity index (χ0) is 15.5. The van der Waals surface area contributed by atoms with E-state index in [2.05, 4.69) is 34.0 Å². The first-order chi connectivity index (χ1) is 9.94. The number of hydrogen-bond donors (Lipinski definition) is 1. The van der Waals surface area contributed by atoms with E-state index in [0.29, 0.717) is 5.56 Å². The van der Waals surface area contributed by atoms with E-state index in [1.807, 2.05) is 0 Å². The molecule has 0 spiro atoms. The van der Waals surface area contributed by atoms with Crippen molar-refractivity contribution < 1.29 is 14.3 Å². The fraction of sp³-hybridized carbons (Fsp3) is 0.400. The lowest BCUT2D eigenvalue weighted by Gasteiger charge is -2.22. The molecule has 0 aromatic heterocycles. The topological polar surface area (TPSA) is 79.2 Å². The van der Waals surface area contributed by atoms with Crippen molar-refractivity contribution >= 4 is 34.5 Å². The molecule has 1 N–H and O–H groups in total. The summed E-state index contributed by atoms with van der Waals surface area (Å²) in [5.41, 5.74) is -0.472. The monoisotopic (exact) mass is 398 g/mol. The average Bonchev–Trinajstić information content (AvgIpc) is 3.30. The van der Waals surface area contributed by atoms with Crippen LogP contribution in [0.3, 0.4) is 0 Å². The molecule has 0 aliphatic heterocycles. The van der Waals surface area contributed by atoms with E-state index >= 15 is 0 Å². The summed E-state index contributed by atoms with van der Waals surface area (Å²) in [5, 5.41) is 11.8. The van der Waals surface area contributed by atoms with Crippen LogP contribution in [0.1, 0.15) is 30.1 Å². The number of nitriles is 1. The standard InChI is InChI=1S/C15H15IN2O3/c1-15(9-17,11-4-5-11)18-13(19)8-21-14(20)10-2-6-12(16)7-3-10/h2-3,6-7,11H,4-5,8H2,1H3,(H,18,19)/t15-/m0/s1. The number of carbonyl (C=O) groups is 2. The van der Waals surface area contributed by atoms with E-state index in [9.17, 15) is 9.59 Å². The van der Waals surface area contributed by atoms with Crippen LogP contribution in [0.5, 0.6) is 0 Å². The second-order valence-corrected chi connectivity index (χ2v) is 6.47. The first-order valence-corrected chi connectivity index (χ1v) is 7.67. The van der Waals surface area contributed by atoms with E-state index < -0.39 is 17.4 Å². The fourth-order valence-corrected chi connectivity index (χ4v) is 2.37. The van der Waals surface area contributed by atoms with Crippen LogP contribution in [0.25, 0.3) is 0 Å². The van der Waals surface area contributed by atoms with Crippen molar-refractivity contribution in [1.29, 1.82) is 5.26 Å². The molecular formula is C15H15IN2O3. The molecule has 6 heteroatoms. The molecule has 1 amide bonds. The lowest BCUT2D eigenvalue weighted by Crippen LogP contribution is -2.48. The maximum absolute atomic E-state index is 11.8. The second-order valence-electron chi connectivity index (χ2n) is 5.22. The molecule has 110 valence electrons. The van der Waals surface area contributed by atoms with E-state index in [1.54, 1.807) is 31.2 Å². The van der Waals surface area contributed by atoms with E-state index in [0.717, 1.165) is 16.4 Å². The first kappa shape index (κ1) is 15.8. The summed E-state index contributed by atoms with van der Waals surface area (Å²) in [6, 6.07) is 8.99. The van der Waals surface area contributed by atoms with Gasteiger partial charge in [0.1, 0.15) is 5.54 Å². The summed E-state index contributed by atoms with van der Waals surface area (Å²) in [4.78, 5) is 23.6. The molecule has 1 aromatic rings. The third-order valence-electron chi connectivity index (χ3n) is 3.44. The number of hydrogen-bond acceptors (Lipinski definition) is 4. The van der Waals surface area contributed by atoms with Crippen LogP contribution in [0.15, 0.2) is 24.3 Å². The van der Waals surface area contributed by atoms with E-state index in [-0.39, 0.29) is 12.5 Å². The summed E-state index contributed by atoms with van der Waals surface area (Å²) in [6.07, 6.45) is 1.87. The fourth-order valence-electron chi connectivity index (χ4n) is 2.01. The van der Waals surface area contributed by atoms with Gasteiger partial charge in [-0.1, -0.05) is 0 Å². The Hall–Kier alpha value is -1.62. The van der Waals surface area contributed by atoms with Gasteiger partial charge in [0.25, 0.3) is 5.91 Å². The van der Waals surface area contributed by atoms with Crippen LogP contribution >= 0.6 is 22.6 Å². The molecule has 0 radical (unpaired) electrons. The number of carbonyl (C=O) groups excluding carboxylic acids is 2. The molecule has 0 heterocycles. The second kappa shape index (κ2) is 6.43. The molecule has 1 atom stereocenters. The Morgan fingerprint density at radius 3 is 2.57 bits per heavy atom. The number of nitrogens with zero attached hydrogens (tertiary/aromatic N) is 1. The average molecular weight is 398 g/mol. The van der Waals surface area contributed by atoms with Gasteiger partial charge in [-0.25, -0.2) is 4.79 Å². The Balaban J connectivity index is 1.85. The summed E-state index contributed by atoms with van der Waals surface area (Å²) in [7, 11) is 0. The Kier molecular flexibility index (Phi) is 4.83. The van der Waals surface area contributed by atoms with Crippen molar-refractivity contribution in [2.75, 3.05) is 6.61 Å². The molecule has 1 saturated carbocycles. The van der Waals surface area contributed by atoms with Crippen molar-refractivity contribution in [3.63, 3.8) is 0 Å². The maximum Gasteiger partial charge on any atom is 0.338 e. The third kappa shape index (κ3) is 4.17. The number of amides is 1. The molecule has 1 aliphatic rings. The first-order valence-electron chi connectivity index (χ1n) is 6.59. The van der Waals surface area contributed by atoms with Crippen LogP contribution in [0.2, 0.25) is 0 Å². The van der Waals surface area contributed by atoms with Gasteiger partial charge in [0.15, 0.2) is 6.61 Å². The summed E-state index contributed by atoms with van der Waals surface area (Å²) in [6.45, 7) is 1.32. The van der Waals surface area contributed by atoms with Crippen molar-refractivity contribution in [3.8, 4) is 6.07 Å². The molecule has 0 unspecified atom stereocenters. The van der Waals surface area contributed by atoms with Gasteiger partial charge in [-0.05, 0) is 72.5 Å². The van der Waals surface area contributed by atoms with Crippen molar-refractivity contribution in [2.24, 2.45) is 5.92 Å². The minimum Gasteiger partial charge on any atom is -0.452 e. The van der Waals surface area contributed by atoms with Gasteiger partial charge in [-0.2, -0.15) is 5.26 Å². The van der Waals surface area contributed by atoms with Crippen LogP contribution in [-0.4, -0.2) is 24.0 Å². The predicted octanol–water partition coefficient (Wildman–Crippen LogP) is 2.26. The zero-order valence-corrected chi connectivity index (χ0v) is 13.7. The van der Waals surface area contributed by atoms with Gasteiger partial charge < -0.3 is 10.1 Å². The van der Waals surface area contributed by atoms with Gasteiger partial charge in [0.05, 0.1) is 11.6 Å². The van der Waals surface area contributed by atoms with Crippen LogP contribution < -0.4 is 5.32 Å². The van der Waals surface area contributed by atoms with Crippen molar-refractivity contribution in [3.05, 3.63) is 33.4 Å². The molecule has 0 bridgehead atoms. The largest absolute Gasteiger partial charge is 0.452 e. The number of halogens is 1. The molecular weight excluding hydrogens is 383 g/mol. The summed E-state index contributed by atoms with van der Waals surface area (Å²) in [5.74, 6) is -0.810. The van der Waals surface area contributed by atoms with Crippen LogP contribution in [0, 0.1) is 20.8 Å². The van der Waals surface area contributed by atoms with Crippen LogP contribution in [-0.2, 0) is 9.53 Å². The molecule has 1 fully saturated rings. The Bertz CT molecular complexity index is 590. The van der Waals surface area contributed by atoms with Gasteiger partial charge in [0.2, 0.25) is 0 Å². The minimum atomic E-state index is -0.869. The summed E-state index contributed by atoms with van der Waals surface area (Å²) >= 11 is 2.14. The smallest absolute Gasteiger partial charge is 0.338 e. The lowest BCUT2D eigenvalue weighted by atomic mass is 9.98. The molecule has 0 saturated heterocycles. The highest BCUT2D eigenvalue weighted by atomic mass is 127. The predicted molar refractivity (Wildman–Crippen MR) is 84.3 cm³/mol. The SMILES string of the molecule is C[C@@](C#N)(NC(=O)COC(=O)c1ccc(I)cc1)C1CC1. The Morgan fingerprint density at radius 1 is 1.43 bits per heavy atom. The number of ether oxygens (including phenoxy) is 1. The number of benzene rings is 1. The number of esters is 1. The molecule has 1 aromatic carbocycles. The quantitative estimate of drug-likeness (QED) is 0.610. The Labute approximate surface area is 136 Å². The normalized spacial score (nSPS) is 16.4. The molecule has 2 rings (SSSR count). The number of rotatable bonds is 5. The number of nitrogens with one attached hydrogen (secondary N) is 1. The Morgan fingerprint density at radius 2 is 2.05 bits per heavy atom. The molecule has 21 heavy (non-hydrogen) atoms. The highest BCUT2D eigenvalue weighted by molar-refractivity contribution is 14.1. The van der Waals surface area contributed by atoms with E-state index in [4.69, 9.17) is 10.00 Å². The van der Waals surface area contributed by atoms with Gasteiger partial charge in [0, 0.05) is 3.57 Å².